The number of hydrogen-bond donors (Lipinski definition) is 1. The monoisotopic (exact) mass is 463 g/mol. The van der Waals surface area contributed by atoms with Crippen molar-refractivity contribution < 1.29 is 19.1 Å². The van der Waals surface area contributed by atoms with Crippen LogP contribution in [0.1, 0.15) is 12.0 Å². The molecular formula is C25H22ClN3O4. The Labute approximate surface area is 196 Å². The van der Waals surface area contributed by atoms with Crippen molar-refractivity contribution in [2.24, 2.45) is 4.99 Å². The Kier molecular flexibility index (Phi) is 6.60. The molecule has 7 nitrogen and oxygen atoms in total. The highest BCUT2D eigenvalue weighted by molar-refractivity contribution is 6.30. The highest BCUT2D eigenvalue weighted by Crippen LogP contribution is 2.33. The van der Waals surface area contributed by atoms with Gasteiger partial charge >= 0.3 is 0 Å². The van der Waals surface area contributed by atoms with Gasteiger partial charge in [0.2, 0.25) is 11.8 Å². The second-order valence-corrected chi connectivity index (χ2v) is 7.76. The largest absolute Gasteiger partial charge is 0.497 e. The maximum absolute atomic E-state index is 13.2. The van der Waals surface area contributed by atoms with Crippen molar-refractivity contribution in [3.8, 4) is 11.5 Å². The number of benzene rings is 3. The molecule has 0 aromatic heterocycles. The van der Waals surface area contributed by atoms with Crippen molar-refractivity contribution in [2.45, 2.75) is 6.42 Å². The average Bonchev–Trinajstić information content (AvgIpc) is 2.96. The molecule has 0 spiro atoms. The predicted octanol–water partition coefficient (Wildman–Crippen LogP) is 4.85. The molecule has 8 heteroatoms. The van der Waals surface area contributed by atoms with Gasteiger partial charge in [-0.15, -0.1) is 0 Å². The number of rotatable bonds is 6. The van der Waals surface area contributed by atoms with Crippen LogP contribution in [0.2, 0.25) is 5.02 Å². The van der Waals surface area contributed by atoms with Crippen LogP contribution in [-0.2, 0) is 9.59 Å². The first-order valence-electron chi connectivity index (χ1n) is 10.2. The van der Waals surface area contributed by atoms with Gasteiger partial charge in [0.25, 0.3) is 0 Å². The SMILES string of the molecule is COc1ccc(NC(=O)CN2C(=O)CC(c3ccc(Cl)cc3)=Nc3ccccc32)c(OC)c1. The zero-order valence-electron chi connectivity index (χ0n) is 18.2. The minimum absolute atomic E-state index is 0.0510. The second kappa shape index (κ2) is 9.75. The zero-order valence-corrected chi connectivity index (χ0v) is 18.9. The first kappa shape index (κ1) is 22.4. The van der Waals surface area contributed by atoms with Crippen molar-refractivity contribution in [3.05, 3.63) is 77.3 Å². The van der Waals surface area contributed by atoms with Gasteiger partial charge < -0.3 is 19.7 Å². The number of ether oxygens (including phenoxy) is 2. The minimum Gasteiger partial charge on any atom is -0.497 e. The van der Waals surface area contributed by atoms with E-state index < -0.39 is 0 Å². The zero-order chi connectivity index (χ0) is 23.4. The third-order valence-electron chi connectivity index (χ3n) is 5.21. The molecule has 33 heavy (non-hydrogen) atoms. The number of anilines is 2. The number of nitrogens with zero attached hydrogens (tertiary/aromatic N) is 2. The lowest BCUT2D eigenvalue weighted by atomic mass is 10.1. The van der Waals surface area contributed by atoms with Gasteiger partial charge in [0.1, 0.15) is 18.0 Å². The molecule has 2 amide bonds. The first-order chi connectivity index (χ1) is 16.0. The van der Waals surface area contributed by atoms with Gasteiger partial charge in [-0.05, 0) is 42.0 Å². The van der Waals surface area contributed by atoms with E-state index in [-0.39, 0.29) is 24.8 Å². The number of amides is 2. The van der Waals surface area contributed by atoms with Crippen LogP contribution >= 0.6 is 11.6 Å². The van der Waals surface area contributed by atoms with E-state index in [4.69, 9.17) is 26.1 Å². The van der Waals surface area contributed by atoms with Crippen LogP contribution < -0.4 is 19.7 Å². The van der Waals surface area contributed by atoms with Crippen molar-refractivity contribution >= 4 is 46.2 Å². The molecule has 1 heterocycles. The van der Waals surface area contributed by atoms with Crippen LogP contribution in [0.15, 0.2) is 71.7 Å². The molecule has 0 aliphatic carbocycles. The molecule has 1 aliphatic heterocycles. The van der Waals surface area contributed by atoms with Crippen LogP contribution in [-0.4, -0.2) is 38.3 Å². The van der Waals surface area contributed by atoms with Gasteiger partial charge in [-0.3, -0.25) is 14.6 Å². The number of carbonyl (C=O) groups is 2. The van der Waals surface area contributed by atoms with Crippen molar-refractivity contribution in [1.29, 1.82) is 0 Å². The molecule has 0 atom stereocenters. The molecule has 1 aliphatic rings. The van der Waals surface area contributed by atoms with E-state index in [2.05, 4.69) is 5.32 Å². The summed E-state index contributed by atoms with van der Waals surface area (Å²) < 4.78 is 10.5. The predicted molar refractivity (Wildman–Crippen MR) is 129 cm³/mol. The molecule has 0 fully saturated rings. The molecule has 1 N–H and O–H groups in total. The number of fused-ring (bicyclic) bond motifs is 1. The number of carbonyl (C=O) groups excluding carboxylic acids is 2. The first-order valence-corrected chi connectivity index (χ1v) is 10.6. The van der Waals surface area contributed by atoms with Crippen molar-refractivity contribution in [3.63, 3.8) is 0 Å². The van der Waals surface area contributed by atoms with Gasteiger partial charge in [0.05, 0.1) is 43.4 Å². The smallest absolute Gasteiger partial charge is 0.244 e. The third-order valence-corrected chi connectivity index (χ3v) is 5.46. The number of methoxy groups -OCH3 is 2. The van der Waals surface area contributed by atoms with E-state index in [9.17, 15) is 9.59 Å². The average molecular weight is 464 g/mol. The Morgan fingerprint density at radius 3 is 2.55 bits per heavy atom. The fourth-order valence-electron chi connectivity index (χ4n) is 3.56. The van der Waals surface area contributed by atoms with Crippen LogP contribution in [0, 0.1) is 0 Å². The fraction of sp³-hybridized carbons (Fsp3) is 0.160. The Bertz CT molecular complexity index is 1220. The number of para-hydroxylation sites is 2. The summed E-state index contributed by atoms with van der Waals surface area (Å²) in [6, 6.07) is 19.5. The van der Waals surface area contributed by atoms with Crippen molar-refractivity contribution in [1.82, 2.24) is 0 Å². The van der Waals surface area contributed by atoms with Gasteiger partial charge in [0, 0.05) is 11.1 Å². The van der Waals surface area contributed by atoms with E-state index in [0.29, 0.717) is 39.3 Å². The van der Waals surface area contributed by atoms with E-state index in [1.54, 1.807) is 43.5 Å². The Hall–Kier alpha value is -3.84. The van der Waals surface area contributed by atoms with Crippen LogP contribution in [0.4, 0.5) is 17.1 Å². The summed E-state index contributed by atoms with van der Waals surface area (Å²) in [5, 5.41) is 3.42. The van der Waals surface area contributed by atoms with Crippen LogP contribution in [0.3, 0.4) is 0 Å². The van der Waals surface area contributed by atoms with Crippen molar-refractivity contribution in [2.75, 3.05) is 31.0 Å². The number of halogens is 1. The Morgan fingerprint density at radius 2 is 1.82 bits per heavy atom. The summed E-state index contributed by atoms with van der Waals surface area (Å²) in [5.41, 5.74) is 3.09. The van der Waals surface area contributed by atoms with Gasteiger partial charge in [0.15, 0.2) is 0 Å². The number of aliphatic imine (C=N–C) groups is 1. The lowest BCUT2D eigenvalue weighted by Crippen LogP contribution is -2.38. The maximum Gasteiger partial charge on any atom is 0.244 e. The molecule has 3 aromatic rings. The maximum atomic E-state index is 13.2. The summed E-state index contributed by atoms with van der Waals surface area (Å²) in [6.45, 7) is -0.172. The van der Waals surface area contributed by atoms with Gasteiger partial charge in [-0.2, -0.15) is 0 Å². The van der Waals surface area contributed by atoms with E-state index in [1.165, 1.54) is 12.0 Å². The van der Waals surface area contributed by atoms with Gasteiger partial charge in [-0.25, -0.2) is 0 Å². The molecule has 0 saturated heterocycles. The highest BCUT2D eigenvalue weighted by Gasteiger charge is 2.27. The van der Waals surface area contributed by atoms with Gasteiger partial charge in [-0.1, -0.05) is 35.9 Å². The second-order valence-electron chi connectivity index (χ2n) is 7.33. The molecule has 0 radical (unpaired) electrons. The minimum atomic E-state index is -0.364. The summed E-state index contributed by atoms with van der Waals surface area (Å²) >= 11 is 6.00. The standard InChI is InChI=1S/C25H22ClN3O4/c1-32-18-11-12-20(23(13-18)33-2)28-24(30)15-29-22-6-4-3-5-19(22)27-21(14-25(29)31)16-7-9-17(26)10-8-16/h3-13H,14-15H2,1-2H3,(H,28,30). The van der Waals surface area contributed by atoms with Crippen LogP contribution in [0.5, 0.6) is 11.5 Å². The third kappa shape index (κ3) is 4.99. The summed E-state index contributed by atoms with van der Waals surface area (Å²) in [5.74, 6) is 0.467. The van der Waals surface area contributed by atoms with E-state index in [0.717, 1.165) is 5.56 Å². The lowest BCUT2D eigenvalue weighted by Gasteiger charge is -2.22. The topological polar surface area (TPSA) is 80.2 Å². The number of hydrogen-bond acceptors (Lipinski definition) is 5. The molecule has 3 aromatic carbocycles. The number of nitrogens with one attached hydrogen (secondary N) is 1. The van der Waals surface area contributed by atoms with Crippen LogP contribution in [0.25, 0.3) is 0 Å². The fourth-order valence-corrected chi connectivity index (χ4v) is 3.69. The Morgan fingerprint density at radius 1 is 1.06 bits per heavy atom. The molecule has 4 rings (SSSR count). The Balaban J connectivity index is 1.59. The summed E-state index contributed by atoms with van der Waals surface area (Å²) in [4.78, 5) is 32.3. The molecular weight excluding hydrogens is 442 g/mol. The quantitative estimate of drug-likeness (QED) is 0.566. The highest BCUT2D eigenvalue weighted by atomic mass is 35.5. The lowest BCUT2D eigenvalue weighted by molar-refractivity contribution is -0.120. The summed E-state index contributed by atoms with van der Waals surface area (Å²) in [7, 11) is 3.06. The molecule has 0 saturated carbocycles. The summed E-state index contributed by atoms with van der Waals surface area (Å²) in [6.07, 6.45) is 0.0510. The molecule has 0 bridgehead atoms. The van der Waals surface area contributed by atoms with E-state index in [1.807, 2.05) is 30.3 Å². The molecule has 0 unspecified atom stereocenters. The van der Waals surface area contributed by atoms with E-state index >= 15 is 0 Å². The molecule has 168 valence electrons. The normalized spacial score (nSPS) is 13.0.